The summed E-state index contributed by atoms with van der Waals surface area (Å²) in [6.45, 7) is 11.4. The molecule has 1 N–H and O–H groups in total. The van der Waals surface area contributed by atoms with Crippen LogP contribution in [0.25, 0.3) is 0 Å². The van der Waals surface area contributed by atoms with Gasteiger partial charge in [-0.1, -0.05) is 19.3 Å². The van der Waals surface area contributed by atoms with E-state index in [2.05, 4.69) is 22.0 Å². The lowest BCUT2D eigenvalue weighted by molar-refractivity contribution is -0.0334. The molecule has 7 nitrogen and oxygen atoms in total. The van der Waals surface area contributed by atoms with Gasteiger partial charge < -0.3 is 24.4 Å². The fourth-order valence-corrected chi connectivity index (χ4v) is 5.16. The maximum atomic E-state index is 6.04. The van der Waals surface area contributed by atoms with Gasteiger partial charge in [-0.15, -0.1) is 0 Å². The molecule has 0 unspecified atom stereocenters. The number of likely N-dealkylation sites (tertiary alicyclic amines) is 1. The van der Waals surface area contributed by atoms with Crippen molar-refractivity contribution in [3.63, 3.8) is 0 Å². The van der Waals surface area contributed by atoms with Gasteiger partial charge in [0.15, 0.2) is 5.96 Å². The quantitative estimate of drug-likeness (QED) is 0.349. The number of nitrogens with one attached hydrogen (secondary N) is 1. The first-order valence-corrected chi connectivity index (χ1v) is 12.2. The molecule has 1 aliphatic carbocycles. The highest BCUT2D eigenvalue weighted by Crippen LogP contribution is 2.34. The minimum Gasteiger partial charge on any atom is -0.385 e. The fraction of sp³-hybridized carbons (Fsp3) is 0.957. The second-order valence-electron chi connectivity index (χ2n) is 8.96. The van der Waals surface area contributed by atoms with E-state index >= 15 is 0 Å². The Bertz CT molecular complexity index is 497. The SMILES string of the molecule is CCNC(=NCC1(N2CCOCC2)CCCCC1)N1CCC(OCCCOC)CC1. The van der Waals surface area contributed by atoms with E-state index in [0.29, 0.717) is 6.10 Å². The average Bonchev–Trinajstić information content (AvgIpc) is 2.81. The molecule has 0 aromatic heterocycles. The third-order valence-corrected chi connectivity index (χ3v) is 6.91. The molecule has 0 amide bonds. The fourth-order valence-electron chi connectivity index (χ4n) is 5.16. The molecule has 0 aromatic carbocycles. The Hall–Kier alpha value is -0.890. The van der Waals surface area contributed by atoms with Crippen LogP contribution in [0.1, 0.15) is 58.3 Å². The minimum absolute atomic E-state index is 0.228. The van der Waals surface area contributed by atoms with Gasteiger partial charge >= 0.3 is 0 Å². The number of piperidine rings is 1. The molecule has 0 atom stereocenters. The molecule has 2 heterocycles. The molecule has 3 aliphatic rings. The number of ether oxygens (including phenoxy) is 3. The molecule has 0 radical (unpaired) electrons. The number of hydrogen-bond donors (Lipinski definition) is 1. The molecular formula is C23H44N4O3. The van der Waals surface area contributed by atoms with Crippen molar-refractivity contribution >= 4 is 5.96 Å². The van der Waals surface area contributed by atoms with E-state index in [9.17, 15) is 0 Å². The van der Waals surface area contributed by atoms with Crippen LogP contribution in [-0.2, 0) is 14.2 Å². The summed E-state index contributed by atoms with van der Waals surface area (Å²) < 4.78 is 16.8. The van der Waals surface area contributed by atoms with Crippen LogP contribution in [0.15, 0.2) is 4.99 Å². The largest absolute Gasteiger partial charge is 0.385 e. The lowest BCUT2D eigenvalue weighted by Gasteiger charge is -2.47. The van der Waals surface area contributed by atoms with Gasteiger partial charge in [0.1, 0.15) is 0 Å². The topological polar surface area (TPSA) is 58.6 Å². The van der Waals surface area contributed by atoms with E-state index in [0.717, 1.165) is 90.9 Å². The molecule has 7 heteroatoms. The van der Waals surface area contributed by atoms with E-state index in [1.807, 2.05) is 0 Å². The molecular weight excluding hydrogens is 380 g/mol. The zero-order valence-electron chi connectivity index (χ0n) is 19.4. The van der Waals surface area contributed by atoms with E-state index < -0.39 is 0 Å². The van der Waals surface area contributed by atoms with E-state index in [1.165, 1.54) is 32.1 Å². The van der Waals surface area contributed by atoms with Crippen LogP contribution in [0, 0.1) is 0 Å². The summed E-state index contributed by atoms with van der Waals surface area (Å²) >= 11 is 0. The van der Waals surface area contributed by atoms with Crippen LogP contribution >= 0.6 is 0 Å². The van der Waals surface area contributed by atoms with Crippen molar-refractivity contribution in [2.45, 2.75) is 69.9 Å². The van der Waals surface area contributed by atoms with Crippen LogP contribution in [0.4, 0.5) is 0 Å². The van der Waals surface area contributed by atoms with Crippen LogP contribution in [0.3, 0.4) is 0 Å². The van der Waals surface area contributed by atoms with Gasteiger partial charge in [0, 0.05) is 58.6 Å². The highest BCUT2D eigenvalue weighted by molar-refractivity contribution is 5.80. The first-order chi connectivity index (χ1) is 14.8. The monoisotopic (exact) mass is 424 g/mol. The number of nitrogens with zero attached hydrogens (tertiary/aromatic N) is 3. The Balaban J connectivity index is 1.56. The lowest BCUT2D eigenvalue weighted by atomic mass is 9.80. The van der Waals surface area contributed by atoms with Gasteiger partial charge in [0.2, 0.25) is 0 Å². The Morgan fingerprint density at radius 2 is 1.80 bits per heavy atom. The molecule has 1 saturated carbocycles. The normalized spacial score (nSPS) is 24.2. The third kappa shape index (κ3) is 6.81. The van der Waals surface area contributed by atoms with Gasteiger partial charge in [0.05, 0.1) is 25.9 Å². The maximum absolute atomic E-state index is 6.04. The first-order valence-electron chi connectivity index (χ1n) is 12.2. The van der Waals surface area contributed by atoms with Crippen molar-refractivity contribution in [2.75, 3.05) is 72.8 Å². The average molecular weight is 425 g/mol. The predicted molar refractivity (Wildman–Crippen MR) is 121 cm³/mol. The smallest absolute Gasteiger partial charge is 0.193 e. The number of aliphatic imine (C=N–C) groups is 1. The summed E-state index contributed by atoms with van der Waals surface area (Å²) in [6.07, 6.45) is 10.1. The lowest BCUT2D eigenvalue weighted by Crippen LogP contribution is -2.57. The maximum Gasteiger partial charge on any atom is 0.193 e. The number of rotatable bonds is 9. The number of methoxy groups -OCH3 is 1. The van der Waals surface area contributed by atoms with Gasteiger partial charge in [-0.25, -0.2) is 0 Å². The van der Waals surface area contributed by atoms with Gasteiger partial charge in [-0.3, -0.25) is 9.89 Å². The Labute approximate surface area is 183 Å². The summed E-state index contributed by atoms with van der Waals surface area (Å²) in [5.74, 6) is 1.09. The highest BCUT2D eigenvalue weighted by atomic mass is 16.5. The van der Waals surface area contributed by atoms with Crippen molar-refractivity contribution in [3.05, 3.63) is 0 Å². The van der Waals surface area contributed by atoms with E-state index in [1.54, 1.807) is 7.11 Å². The van der Waals surface area contributed by atoms with E-state index in [4.69, 9.17) is 19.2 Å². The van der Waals surface area contributed by atoms with Crippen LogP contribution in [-0.4, -0.2) is 100 Å². The number of guanidine groups is 1. The van der Waals surface area contributed by atoms with Crippen LogP contribution in [0.5, 0.6) is 0 Å². The molecule has 30 heavy (non-hydrogen) atoms. The Morgan fingerprint density at radius 3 is 2.47 bits per heavy atom. The molecule has 3 rings (SSSR count). The molecule has 2 aliphatic heterocycles. The second kappa shape index (κ2) is 12.8. The van der Waals surface area contributed by atoms with Crippen molar-refractivity contribution in [1.82, 2.24) is 15.1 Å². The first kappa shape index (κ1) is 23.8. The molecule has 174 valence electrons. The minimum atomic E-state index is 0.228. The summed E-state index contributed by atoms with van der Waals surface area (Å²) in [7, 11) is 1.75. The number of morpholine rings is 1. The van der Waals surface area contributed by atoms with Crippen LogP contribution < -0.4 is 5.32 Å². The molecule has 2 saturated heterocycles. The zero-order chi connectivity index (χ0) is 21.1. The molecule has 0 spiro atoms. The van der Waals surface area contributed by atoms with Crippen LogP contribution in [0.2, 0.25) is 0 Å². The van der Waals surface area contributed by atoms with Gasteiger partial charge in [0.25, 0.3) is 0 Å². The number of hydrogen-bond acceptors (Lipinski definition) is 5. The van der Waals surface area contributed by atoms with Crippen molar-refractivity contribution in [2.24, 2.45) is 4.99 Å². The van der Waals surface area contributed by atoms with E-state index in [-0.39, 0.29) is 5.54 Å². The molecule has 0 aromatic rings. The van der Waals surface area contributed by atoms with Crippen molar-refractivity contribution in [3.8, 4) is 0 Å². The third-order valence-electron chi connectivity index (χ3n) is 6.91. The van der Waals surface area contributed by atoms with Gasteiger partial charge in [-0.2, -0.15) is 0 Å². The standard InChI is InChI=1S/C23H44N4O3/c1-3-24-22(26-12-8-21(9-13-26)30-17-7-16-28-2)25-20-23(10-5-4-6-11-23)27-14-18-29-19-15-27/h21H,3-20H2,1-2H3,(H,24,25). The summed E-state index contributed by atoms with van der Waals surface area (Å²) in [6, 6.07) is 0. The predicted octanol–water partition coefficient (Wildman–Crippen LogP) is 2.50. The zero-order valence-corrected chi connectivity index (χ0v) is 19.4. The van der Waals surface area contributed by atoms with Crippen molar-refractivity contribution in [1.29, 1.82) is 0 Å². The second-order valence-corrected chi connectivity index (χ2v) is 8.96. The summed E-state index contributed by atoms with van der Waals surface area (Å²) in [5, 5.41) is 3.56. The summed E-state index contributed by atoms with van der Waals surface area (Å²) in [4.78, 5) is 10.3. The Morgan fingerprint density at radius 1 is 1.07 bits per heavy atom. The van der Waals surface area contributed by atoms with Gasteiger partial charge in [-0.05, 0) is 39.0 Å². The molecule has 3 fully saturated rings. The molecule has 0 bridgehead atoms. The van der Waals surface area contributed by atoms with Crippen molar-refractivity contribution < 1.29 is 14.2 Å². The summed E-state index contributed by atoms with van der Waals surface area (Å²) in [5.41, 5.74) is 0.228. The Kier molecular flexibility index (Phi) is 10.2. The highest BCUT2D eigenvalue weighted by Gasteiger charge is 2.38.